The summed E-state index contributed by atoms with van der Waals surface area (Å²) in [4.78, 5) is 38.3. The molecule has 0 saturated heterocycles. The Kier molecular flexibility index (Phi) is 6.86. The summed E-state index contributed by atoms with van der Waals surface area (Å²) in [6.45, 7) is 3.78. The summed E-state index contributed by atoms with van der Waals surface area (Å²) in [5.74, 6) is -1.43. The molecule has 2 amide bonds. The largest absolute Gasteiger partial charge is 0.481 e. The summed E-state index contributed by atoms with van der Waals surface area (Å²) < 4.78 is 6.99. The third-order valence-electron chi connectivity index (χ3n) is 6.07. The minimum atomic E-state index is -0.994. The van der Waals surface area contributed by atoms with E-state index in [1.165, 1.54) is 15.8 Å². The van der Waals surface area contributed by atoms with Crippen molar-refractivity contribution in [3.05, 3.63) is 71.4 Å². The van der Waals surface area contributed by atoms with Crippen molar-refractivity contribution in [1.29, 1.82) is 0 Å². The van der Waals surface area contributed by atoms with Crippen LogP contribution in [0.3, 0.4) is 0 Å². The van der Waals surface area contributed by atoms with E-state index in [2.05, 4.69) is 22.5 Å². The maximum absolute atomic E-state index is 13.1. The monoisotopic (exact) mass is 476 g/mol. The Bertz CT molecular complexity index is 1220. The second-order valence-electron chi connectivity index (χ2n) is 8.75. The van der Waals surface area contributed by atoms with Crippen LogP contribution in [0.2, 0.25) is 0 Å². The first kappa shape index (κ1) is 24.0. The zero-order chi connectivity index (χ0) is 25.1. The van der Waals surface area contributed by atoms with Gasteiger partial charge in [-0.2, -0.15) is 5.10 Å². The number of carbonyl (C=O) groups is 3. The Balaban J connectivity index is 1.47. The van der Waals surface area contributed by atoms with Crippen LogP contribution in [0.1, 0.15) is 47.7 Å². The molecule has 4 rings (SSSR count). The van der Waals surface area contributed by atoms with Crippen LogP contribution in [0.4, 0.5) is 10.6 Å². The quantitative estimate of drug-likeness (QED) is 0.506. The lowest BCUT2D eigenvalue weighted by atomic mass is 9.98. The van der Waals surface area contributed by atoms with Crippen LogP contribution in [0, 0.1) is 0 Å². The van der Waals surface area contributed by atoms with Gasteiger partial charge in [0.25, 0.3) is 5.91 Å². The number of benzene rings is 2. The van der Waals surface area contributed by atoms with Crippen LogP contribution in [0.15, 0.2) is 54.7 Å². The number of hydrogen-bond acceptors (Lipinski definition) is 5. The SMILES string of the molecule is CC(C)N(CCC(=O)O)C(=O)c1cn(C)nc1NC(=O)OCC1c2ccccc2-c2ccccc21. The first-order valence-corrected chi connectivity index (χ1v) is 11.4. The molecule has 0 bridgehead atoms. The topological polar surface area (TPSA) is 114 Å². The fraction of sp³-hybridized carbons (Fsp3) is 0.308. The number of nitrogens with zero attached hydrogens (tertiary/aromatic N) is 3. The van der Waals surface area contributed by atoms with Crippen LogP contribution in [-0.2, 0) is 16.6 Å². The van der Waals surface area contributed by atoms with Crippen molar-refractivity contribution in [1.82, 2.24) is 14.7 Å². The standard InChI is InChI=1S/C26H28N4O5/c1-16(2)30(13-12-23(31)32)25(33)21-14-29(3)28-24(21)27-26(34)35-15-22-19-10-6-4-8-17(19)18-9-5-7-11-20(18)22/h4-11,14,16,22H,12-13,15H2,1-3H3,(H,31,32)(H,27,28,34). The summed E-state index contributed by atoms with van der Waals surface area (Å²) in [6, 6.07) is 15.9. The number of rotatable bonds is 8. The van der Waals surface area contributed by atoms with Crippen molar-refractivity contribution in [2.24, 2.45) is 7.05 Å². The molecule has 0 atom stereocenters. The van der Waals surface area contributed by atoms with Gasteiger partial charge < -0.3 is 14.7 Å². The van der Waals surface area contributed by atoms with Gasteiger partial charge in [-0.05, 0) is 36.1 Å². The van der Waals surface area contributed by atoms with Crippen molar-refractivity contribution < 1.29 is 24.2 Å². The van der Waals surface area contributed by atoms with Gasteiger partial charge in [0.2, 0.25) is 0 Å². The lowest BCUT2D eigenvalue weighted by Crippen LogP contribution is -2.38. The van der Waals surface area contributed by atoms with Crippen molar-refractivity contribution >= 4 is 23.8 Å². The van der Waals surface area contributed by atoms with E-state index in [0.29, 0.717) is 0 Å². The molecule has 1 aliphatic carbocycles. The molecule has 2 aromatic carbocycles. The maximum Gasteiger partial charge on any atom is 0.412 e. The van der Waals surface area contributed by atoms with Gasteiger partial charge in [0, 0.05) is 31.7 Å². The van der Waals surface area contributed by atoms with Crippen molar-refractivity contribution in [3.8, 4) is 11.1 Å². The average Bonchev–Trinajstić information content (AvgIpc) is 3.34. The van der Waals surface area contributed by atoms with Gasteiger partial charge in [-0.3, -0.25) is 19.6 Å². The fourth-order valence-corrected chi connectivity index (χ4v) is 4.43. The van der Waals surface area contributed by atoms with Crippen molar-refractivity contribution in [2.75, 3.05) is 18.5 Å². The van der Waals surface area contributed by atoms with Crippen LogP contribution >= 0.6 is 0 Å². The molecule has 182 valence electrons. The van der Waals surface area contributed by atoms with E-state index in [-0.39, 0.29) is 42.9 Å². The van der Waals surface area contributed by atoms with E-state index >= 15 is 0 Å². The molecular formula is C26H28N4O5. The van der Waals surface area contributed by atoms with Gasteiger partial charge in [0.05, 0.1) is 6.42 Å². The fourth-order valence-electron chi connectivity index (χ4n) is 4.43. The predicted octanol–water partition coefficient (Wildman–Crippen LogP) is 4.11. The van der Waals surface area contributed by atoms with E-state index in [4.69, 9.17) is 9.84 Å². The molecule has 35 heavy (non-hydrogen) atoms. The number of carbonyl (C=O) groups excluding carboxylic acids is 2. The molecule has 0 fully saturated rings. The zero-order valence-corrected chi connectivity index (χ0v) is 19.9. The number of ether oxygens (including phenoxy) is 1. The summed E-state index contributed by atoms with van der Waals surface area (Å²) in [5, 5.41) is 15.8. The molecule has 0 saturated carbocycles. The average molecular weight is 477 g/mol. The maximum atomic E-state index is 13.1. The molecule has 1 heterocycles. The number of hydrogen-bond donors (Lipinski definition) is 2. The van der Waals surface area contributed by atoms with Crippen LogP contribution in [0.5, 0.6) is 0 Å². The molecule has 2 N–H and O–H groups in total. The van der Waals surface area contributed by atoms with Crippen molar-refractivity contribution in [3.63, 3.8) is 0 Å². The highest BCUT2D eigenvalue weighted by Gasteiger charge is 2.30. The Morgan fingerprint density at radius 2 is 1.69 bits per heavy atom. The van der Waals surface area contributed by atoms with Gasteiger partial charge in [0.1, 0.15) is 12.2 Å². The lowest BCUT2D eigenvalue weighted by molar-refractivity contribution is -0.137. The minimum absolute atomic E-state index is 0.0467. The highest BCUT2D eigenvalue weighted by molar-refractivity contribution is 6.01. The Hall–Kier alpha value is -4.14. The number of anilines is 1. The molecule has 0 aliphatic heterocycles. The molecule has 0 unspecified atom stereocenters. The van der Waals surface area contributed by atoms with E-state index in [0.717, 1.165) is 22.3 Å². The summed E-state index contributed by atoms with van der Waals surface area (Å²) in [7, 11) is 1.64. The minimum Gasteiger partial charge on any atom is -0.481 e. The lowest BCUT2D eigenvalue weighted by Gasteiger charge is -2.26. The summed E-state index contributed by atoms with van der Waals surface area (Å²) in [6.07, 6.45) is 0.595. The van der Waals surface area contributed by atoms with E-state index < -0.39 is 18.0 Å². The van der Waals surface area contributed by atoms with Gasteiger partial charge in [0.15, 0.2) is 5.82 Å². The summed E-state index contributed by atoms with van der Waals surface area (Å²) in [5.41, 5.74) is 4.62. The molecule has 9 heteroatoms. The normalized spacial score (nSPS) is 12.2. The molecule has 1 aromatic heterocycles. The zero-order valence-electron chi connectivity index (χ0n) is 19.9. The van der Waals surface area contributed by atoms with Gasteiger partial charge >= 0.3 is 12.1 Å². The Morgan fingerprint density at radius 3 is 2.26 bits per heavy atom. The smallest absolute Gasteiger partial charge is 0.412 e. The Morgan fingerprint density at radius 1 is 1.09 bits per heavy atom. The van der Waals surface area contributed by atoms with Gasteiger partial charge in [-0.15, -0.1) is 0 Å². The number of aryl methyl sites for hydroxylation is 1. The van der Waals surface area contributed by atoms with Crippen LogP contribution in [0.25, 0.3) is 11.1 Å². The number of aromatic nitrogens is 2. The van der Waals surface area contributed by atoms with Crippen molar-refractivity contribution in [2.45, 2.75) is 32.2 Å². The highest BCUT2D eigenvalue weighted by atomic mass is 16.5. The van der Waals surface area contributed by atoms with Gasteiger partial charge in [-0.25, -0.2) is 4.79 Å². The molecule has 3 aromatic rings. The third kappa shape index (κ3) is 5.03. The van der Waals surface area contributed by atoms with Gasteiger partial charge in [-0.1, -0.05) is 48.5 Å². The van der Waals surface area contributed by atoms with Crippen LogP contribution < -0.4 is 5.32 Å². The second-order valence-corrected chi connectivity index (χ2v) is 8.75. The van der Waals surface area contributed by atoms with Crippen LogP contribution in [-0.4, -0.2) is 57.0 Å². The van der Waals surface area contributed by atoms with E-state index in [1.54, 1.807) is 20.9 Å². The predicted molar refractivity (Wildman–Crippen MR) is 130 cm³/mol. The molecule has 9 nitrogen and oxygen atoms in total. The number of amides is 2. The number of fused-ring (bicyclic) bond motifs is 3. The summed E-state index contributed by atoms with van der Waals surface area (Å²) >= 11 is 0. The number of aliphatic carboxylic acids is 1. The Labute approximate surface area is 203 Å². The third-order valence-corrected chi connectivity index (χ3v) is 6.07. The first-order valence-electron chi connectivity index (χ1n) is 11.4. The molecule has 1 aliphatic rings. The highest BCUT2D eigenvalue weighted by Crippen LogP contribution is 2.44. The van der Waals surface area contributed by atoms with E-state index in [9.17, 15) is 14.4 Å². The number of carboxylic acid groups (broad SMARTS) is 1. The molecule has 0 spiro atoms. The van der Waals surface area contributed by atoms with E-state index in [1.807, 2.05) is 36.4 Å². The second kappa shape index (κ2) is 10.0. The number of carboxylic acids is 1. The number of nitrogens with one attached hydrogen (secondary N) is 1. The molecule has 0 radical (unpaired) electrons. The molecular weight excluding hydrogens is 448 g/mol. The first-order chi connectivity index (χ1) is 16.8.